The van der Waals surface area contributed by atoms with E-state index in [1.807, 2.05) is 82.6 Å². The van der Waals surface area contributed by atoms with E-state index in [2.05, 4.69) is 10.3 Å². The van der Waals surface area contributed by atoms with Crippen LogP contribution in [0.15, 0.2) is 54.0 Å². The number of rotatable bonds is 10. The number of aromatic nitrogens is 1. The summed E-state index contributed by atoms with van der Waals surface area (Å²) in [5.41, 5.74) is 5.32. The molecule has 8 nitrogen and oxygen atoms in total. The number of aliphatic hydroxyl groups excluding tert-OH is 1. The maximum Gasteiger partial charge on any atom is 0.258 e. The maximum absolute atomic E-state index is 13.8. The van der Waals surface area contributed by atoms with Gasteiger partial charge in [0, 0.05) is 19.4 Å². The van der Waals surface area contributed by atoms with Crippen LogP contribution in [0, 0.1) is 19.3 Å². The molecule has 41 heavy (non-hydrogen) atoms. The minimum atomic E-state index is -0.889. The fourth-order valence-corrected chi connectivity index (χ4v) is 5.88. The molecule has 1 fully saturated rings. The molecular formula is C32H39N3O5S. The van der Waals surface area contributed by atoms with E-state index in [1.165, 1.54) is 4.90 Å². The second kappa shape index (κ2) is 13.0. The van der Waals surface area contributed by atoms with Crippen molar-refractivity contribution in [3.63, 3.8) is 0 Å². The molecule has 2 N–H and O–H groups in total. The van der Waals surface area contributed by atoms with Crippen molar-refractivity contribution in [2.45, 2.75) is 72.1 Å². The summed E-state index contributed by atoms with van der Waals surface area (Å²) in [7, 11) is 0. The minimum Gasteiger partial charge on any atom is -0.484 e. The molecule has 0 radical (unpaired) electrons. The lowest BCUT2D eigenvalue weighted by Gasteiger charge is -2.35. The molecule has 9 heteroatoms. The minimum absolute atomic E-state index is 0.0559. The van der Waals surface area contributed by atoms with Crippen LogP contribution in [0.5, 0.6) is 5.75 Å². The Hall–Kier alpha value is -3.56. The Balaban J connectivity index is 1.38. The number of amides is 2. The van der Waals surface area contributed by atoms with Gasteiger partial charge in [-0.25, -0.2) is 4.98 Å². The average Bonchev–Trinajstić information content (AvgIpc) is 3.54. The summed E-state index contributed by atoms with van der Waals surface area (Å²) < 4.78 is 5.62. The molecule has 3 aromatic rings. The topological polar surface area (TPSA) is 109 Å². The zero-order valence-electron chi connectivity index (χ0n) is 24.3. The first-order chi connectivity index (χ1) is 19.4. The Morgan fingerprint density at radius 1 is 1.15 bits per heavy atom. The van der Waals surface area contributed by atoms with Crippen molar-refractivity contribution in [2.24, 2.45) is 5.41 Å². The summed E-state index contributed by atoms with van der Waals surface area (Å²) in [6.07, 6.45) is 0.174. The van der Waals surface area contributed by atoms with E-state index in [4.69, 9.17) is 4.74 Å². The highest BCUT2D eigenvalue weighted by molar-refractivity contribution is 7.13. The third-order valence-corrected chi connectivity index (χ3v) is 8.31. The number of aryl methyl sites for hydroxylation is 3. The predicted molar refractivity (Wildman–Crippen MR) is 160 cm³/mol. The van der Waals surface area contributed by atoms with E-state index in [9.17, 15) is 19.5 Å². The quantitative estimate of drug-likeness (QED) is 0.367. The number of nitrogens with one attached hydrogen (secondary N) is 1. The predicted octanol–water partition coefficient (Wildman–Crippen LogP) is 4.50. The third-order valence-electron chi connectivity index (χ3n) is 7.33. The van der Waals surface area contributed by atoms with Gasteiger partial charge in [0.2, 0.25) is 5.91 Å². The Labute approximate surface area is 245 Å². The smallest absolute Gasteiger partial charge is 0.258 e. The number of β-amino-alcohol motifs (C(OH)–C–C–N with tert-alkyl or cyclic N) is 1. The van der Waals surface area contributed by atoms with Gasteiger partial charge in [-0.1, -0.05) is 57.2 Å². The van der Waals surface area contributed by atoms with Gasteiger partial charge >= 0.3 is 0 Å². The molecule has 1 aliphatic heterocycles. The summed E-state index contributed by atoms with van der Waals surface area (Å²) in [5.74, 6) is -0.334. The highest BCUT2D eigenvalue weighted by Crippen LogP contribution is 2.29. The van der Waals surface area contributed by atoms with Gasteiger partial charge in [-0.3, -0.25) is 14.4 Å². The van der Waals surface area contributed by atoms with Gasteiger partial charge in [0.15, 0.2) is 12.4 Å². The van der Waals surface area contributed by atoms with Gasteiger partial charge in [0.25, 0.3) is 5.91 Å². The molecule has 218 valence electrons. The van der Waals surface area contributed by atoms with E-state index >= 15 is 0 Å². The number of likely N-dealkylation sites (tertiary alicyclic amines) is 1. The normalized spacial score (nSPS) is 17.8. The number of ether oxygens (including phenoxy) is 1. The molecule has 2 heterocycles. The Morgan fingerprint density at radius 3 is 2.51 bits per heavy atom. The lowest BCUT2D eigenvalue weighted by molar-refractivity contribution is -0.143. The molecule has 2 aromatic carbocycles. The van der Waals surface area contributed by atoms with E-state index in [1.54, 1.807) is 17.4 Å². The number of hydrogen-bond donors (Lipinski definition) is 2. The van der Waals surface area contributed by atoms with Crippen LogP contribution >= 0.6 is 11.3 Å². The summed E-state index contributed by atoms with van der Waals surface area (Å²) in [6, 6.07) is 13.9. The second-order valence-electron chi connectivity index (χ2n) is 11.8. The molecule has 4 rings (SSSR count). The van der Waals surface area contributed by atoms with Crippen molar-refractivity contribution in [1.82, 2.24) is 15.2 Å². The number of benzene rings is 2. The monoisotopic (exact) mass is 577 g/mol. The highest BCUT2D eigenvalue weighted by atomic mass is 32.1. The molecule has 1 aliphatic rings. The van der Waals surface area contributed by atoms with Crippen LogP contribution in [-0.4, -0.2) is 63.9 Å². The Morgan fingerprint density at radius 2 is 1.88 bits per heavy atom. The van der Waals surface area contributed by atoms with Gasteiger partial charge in [-0.05, 0) is 54.5 Å². The Bertz CT molecular complexity index is 1380. The number of carbonyl (C=O) groups is 3. The molecule has 0 aliphatic carbocycles. The number of nitrogens with zero attached hydrogens (tertiary/aromatic N) is 2. The van der Waals surface area contributed by atoms with Gasteiger partial charge < -0.3 is 20.1 Å². The first-order valence-corrected chi connectivity index (χ1v) is 14.8. The first kappa shape index (κ1) is 30.4. The van der Waals surface area contributed by atoms with Gasteiger partial charge in [0.05, 0.1) is 28.2 Å². The zero-order valence-corrected chi connectivity index (χ0v) is 25.2. The summed E-state index contributed by atoms with van der Waals surface area (Å²) >= 11 is 1.60. The molecule has 0 saturated carbocycles. The summed E-state index contributed by atoms with van der Waals surface area (Å²) in [4.78, 5) is 46.8. The van der Waals surface area contributed by atoms with Crippen LogP contribution in [0.25, 0.3) is 10.4 Å². The number of carbonyl (C=O) groups excluding carboxylic acids is 3. The van der Waals surface area contributed by atoms with Crippen LogP contribution in [0.2, 0.25) is 0 Å². The fraction of sp³-hybridized carbons (Fsp3) is 0.438. The molecule has 3 atom stereocenters. The SMILES string of the molecule is Cc1cccc(OCC(=O)N[C@H](C(=O)N2C[C@H](O)C[C@H]2C(=O)CCc2ccc(-c3scnc3C)cc2)C(C)(C)C)c1. The molecule has 0 spiro atoms. The third kappa shape index (κ3) is 7.80. The molecule has 1 saturated heterocycles. The number of aliphatic hydroxyl groups is 1. The van der Waals surface area contributed by atoms with Crippen molar-refractivity contribution in [3.8, 4) is 16.2 Å². The van der Waals surface area contributed by atoms with Crippen LogP contribution < -0.4 is 10.1 Å². The number of ketones is 1. The maximum atomic E-state index is 13.8. The van der Waals surface area contributed by atoms with Crippen LogP contribution in [0.4, 0.5) is 0 Å². The standard InChI is InChI=1S/C32H39N3O5S/c1-20-7-6-8-25(15-20)40-18-28(38)34-30(32(3,4)5)31(39)35-17-24(36)16-26(35)27(37)14-11-22-9-12-23(13-10-22)29-21(2)33-19-41-29/h6-10,12-13,15,19,24,26,30,36H,11,14,16-18H2,1-5H3,(H,34,38)/t24-,26+,30-/m1/s1. The average molecular weight is 578 g/mol. The van der Waals surface area contributed by atoms with Crippen molar-refractivity contribution < 1.29 is 24.2 Å². The van der Waals surface area contributed by atoms with Crippen molar-refractivity contribution in [3.05, 3.63) is 70.9 Å². The number of Topliss-reactive ketones (excluding diaryl/α,β-unsaturated/α-hetero) is 1. The lowest BCUT2D eigenvalue weighted by atomic mass is 9.85. The molecule has 0 bridgehead atoms. The Kier molecular flexibility index (Phi) is 9.60. The molecule has 0 unspecified atom stereocenters. The zero-order chi connectivity index (χ0) is 29.7. The number of thiazole rings is 1. The van der Waals surface area contributed by atoms with Gasteiger partial charge in [-0.15, -0.1) is 11.3 Å². The largest absolute Gasteiger partial charge is 0.484 e. The van der Waals surface area contributed by atoms with E-state index in [0.717, 1.165) is 27.3 Å². The van der Waals surface area contributed by atoms with E-state index in [0.29, 0.717) is 12.2 Å². The molecular weight excluding hydrogens is 538 g/mol. The van der Waals surface area contributed by atoms with Crippen molar-refractivity contribution in [1.29, 1.82) is 0 Å². The number of hydrogen-bond acceptors (Lipinski definition) is 7. The van der Waals surface area contributed by atoms with E-state index < -0.39 is 29.5 Å². The highest BCUT2D eigenvalue weighted by Gasteiger charge is 2.44. The van der Waals surface area contributed by atoms with Gasteiger partial charge in [-0.2, -0.15) is 0 Å². The van der Waals surface area contributed by atoms with Gasteiger partial charge in [0.1, 0.15) is 11.8 Å². The van der Waals surface area contributed by atoms with Crippen LogP contribution in [0.1, 0.15) is 50.4 Å². The van der Waals surface area contributed by atoms with Crippen molar-refractivity contribution >= 4 is 28.9 Å². The lowest BCUT2D eigenvalue weighted by Crippen LogP contribution is -2.57. The van der Waals surface area contributed by atoms with Crippen molar-refractivity contribution in [2.75, 3.05) is 13.2 Å². The molecule has 1 aromatic heterocycles. The first-order valence-electron chi connectivity index (χ1n) is 13.9. The van der Waals surface area contributed by atoms with E-state index in [-0.39, 0.29) is 37.7 Å². The second-order valence-corrected chi connectivity index (χ2v) is 12.7. The van der Waals surface area contributed by atoms with Crippen LogP contribution in [-0.2, 0) is 20.8 Å². The molecule has 2 amide bonds. The summed E-state index contributed by atoms with van der Waals surface area (Å²) in [5, 5.41) is 13.3. The fourth-order valence-electron chi connectivity index (χ4n) is 5.07. The summed E-state index contributed by atoms with van der Waals surface area (Å²) in [6.45, 7) is 9.31. The van der Waals surface area contributed by atoms with Crippen LogP contribution in [0.3, 0.4) is 0 Å².